The Kier molecular flexibility index (Phi) is 4.62. The van der Waals surface area contributed by atoms with Crippen LogP contribution >= 0.6 is 11.5 Å². The molecule has 2 aliphatic rings. The molecule has 1 amide bonds. The molecule has 0 aromatic carbocycles. The molecule has 0 bridgehead atoms. The van der Waals surface area contributed by atoms with Crippen molar-refractivity contribution in [3.63, 3.8) is 0 Å². The molecule has 2 unspecified atom stereocenters. The van der Waals surface area contributed by atoms with Crippen LogP contribution in [0.3, 0.4) is 0 Å². The molecule has 2 atom stereocenters. The fourth-order valence-electron chi connectivity index (χ4n) is 4.76. The second-order valence-corrected chi connectivity index (χ2v) is 10.5. The third-order valence-electron chi connectivity index (χ3n) is 6.20. The van der Waals surface area contributed by atoms with E-state index in [1.165, 1.54) is 17.1 Å². The maximum Gasteiger partial charge on any atom is 0.330 e. The minimum atomic E-state index is -0.0344. The zero-order chi connectivity index (χ0) is 21.9. The van der Waals surface area contributed by atoms with Crippen LogP contribution in [0.2, 0.25) is 0 Å². The van der Waals surface area contributed by atoms with Gasteiger partial charge in [0, 0.05) is 32.1 Å². The molecule has 4 heterocycles. The number of allylic oxidation sites excluding steroid dienone is 1. The van der Waals surface area contributed by atoms with E-state index in [1.54, 1.807) is 17.0 Å². The summed E-state index contributed by atoms with van der Waals surface area (Å²) in [4.78, 5) is 32.1. The Balaban J connectivity index is 1.40. The van der Waals surface area contributed by atoms with E-state index in [9.17, 15) is 9.59 Å². The minimum Gasteiger partial charge on any atom is -0.336 e. The average Bonchev–Trinajstić information content (AvgIpc) is 3.48. The lowest BCUT2D eigenvalue weighted by atomic mass is 9.97. The summed E-state index contributed by atoms with van der Waals surface area (Å²) in [6.45, 7) is 8.45. The highest BCUT2D eigenvalue weighted by Crippen LogP contribution is 2.41. The van der Waals surface area contributed by atoms with Gasteiger partial charge in [-0.2, -0.15) is 0 Å². The first kappa shape index (κ1) is 20.1. The maximum absolute atomic E-state index is 12.8. The molecule has 0 saturated carbocycles. The topological polar surface area (TPSA) is 85.9 Å². The van der Waals surface area contributed by atoms with Crippen LogP contribution in [0.5, 0.6) is 0 Å². The van der Waals surface area contributed by atoms with Crippen LogP contribution in [0.4, 0.5) is 0 Å². The Morgan fingerprint density at radius 2 is 2.06 bits per heavy atom. The molecule has 1 aliphatic carbocycles. The normalized spacial score (nSPS) is 21.0. The first-order valence-electron chi connectivity index (χ1n) is 10.5. The molecule has 0 N–H and O–H groups in total. The lowest BCUT2D eigenvalue weighted by Gasteiger charge is -2.18. The highest BCUT2D eigenvalue weighted by Gasteiger charge is 2.39. The number of carbonyl (C=O) groups is 1. The van der Waals surface area contributed by atoms with Gasteiger partial charge in [0.1, 0.15) is 0 Å². The van der Waals surface area contributed by atoms with Gasteiger partial charge >= 0.3 is 5.69 Å². The van der Waals surface area contributed by atoms with Crippen molar-refractivity contribution in [2.75, 3.05) is 13.1 Å². The van der Waals surface area contributed by atoms with Crippen molar-refractivity contribution >= 4 is 34.2 Å². The molecule has 3 aromatic rings. The van der Waals surface area contributed by atoms with Crippen LogP contribution in [0.15, 0.2) is 28.4 Å². The van der Waals surface area contributed by atoms with E-state index < -0.39 is 0 Å². The van der Waals surface area contributed by atoms with E-state index in [0.717, 1.165) is 29.8 Å². The largest absolute Gasteiger partial charge is 0.336 e. The fourth-order valence-corrected chi connectivity index (χ4v) is 5.20. The summed E-state index contributed by atoms with van der Waals surface area (Å²) in [7, 11) is 1.79. The molecule has 3 aromatic heterocycles. The van der Waals surface area contributed by atoms with Gasteiger partial charge in [-0.25, -0.2) is 9.78 Å². The average molecular weight is 439 g/mol. The van der Waals surface area contributed by atoms with Crippen LogP contribution < -0.4 is 5.69 Å². The molecule has 1 saturated heterocycles. The number of aromatic nitrogens is 5. The van der Waals surface area contributed by atoms with Crippen LogP contribution in [0.1, 0.15) is 43.4 Å². The van der Waals surface area contributed by atoms with Crippen LogP contribution in [-0.4, -0.2) is 47.6 Å². The summed E-state index contributed by atoms with van der Waals surface area (Å²) in [6.07, 6.45) is 3.15. The van der Waals surface area contributed by atoms with E-state index in [1.807, 2.05) is 21.6 Å². The highest BCUT2D eigenvalue weighted by atomic mass is 32.1. The smallest absolute Gasteiger partial charge is 0.330 e. The summed E-state index contributed by atoms with van der Waals surface area (Å²) in [6, 6.07) is 4.04. The van der Waals surface area contributed by atoms with E-state index in [2.05, 4.69) is 36.4 Å². The third-order valence-corrected chi connectivity index (χ3v) is 6.70. The first-order valence-corrected chi connectivity index (χ1v) is 11.4. The number of likely N-dealkylation sites (tertiary alicyclic amines) is 1. The van der Waals surface area contributed by atoms with E-state index in [-0.39, 0.29) is 17.0 Å². The van der Waals surface area contributed by atoms with Gasteiger partial charge in [0.15, 0.2) is 11.3 Å². The van der Waals surface area contributed by atoms with Crippen molar-refractivity contribution < 1.29 is 4.79 Å². The highest BCUT2D eigenvalue weighted by molar-refractivity contribution is 7.03. The number of fused-ring (bicyclic) bond motifs is 2. The van der Waals surface area contributed by atoms with Gasteiger partial charge in [-0.05, 0) is 52.9 Å². The van der Waals surface area contributed by atoms with Gasteiger partial charge in [0.2, 0.25) is 0 Å². The predicted octanol–water partition coefficient (Wildman–Crippen LogP) is 2.81. The number of hydrogen-bond acceptors (Lipinski definition) is 6. The SMILES string of the molecule is Cn1c(=O)n(CC(C)(C)C)c2ccc(C3=CC4CN(C(=O)c5csnn5)CC4C3)nc21. The minimum absolute atomic E-state index is 0.000118. The molecule has 0 spiro atoms. The molecule has 162 valence electrons. The Bertz CT molecular complexity index is 1250. The van der Waals surface area contributed by atoms with Crippen LogP contribution in [-0.2, 0) is 13.6 Å². The molecule has 31 heavy (non-hydrogen) atoms. The molecular weight excluding hydrogens is 412 g/mol. The number of carbonyl (C=O) groups excluding carboxylic acids is 1. The number of imidazole rings is 1. The van der Waals surface area contributed by atoms with Crippen LogP contribution in [0.25, 0.3) is 16.7 Å². The van der Waals surface area contributed by atoms with Crippen molar-refractivity contribution in [3.8, 4) is 0 Å². The number of amides is 1. The van der Waals surface area contributed by atoms with Crippen molar-refractivity contribution in [3.05, 3.63) is 45.5 Å². The fraction of sp³-hybridized carbons (Fsp3) is 0.500. The lowest BCUT2D eigenvalue weighted by molar-refractivity contribution is 0.0779. The van der Waals surface area contributed by atoms with Crippen molar-refractivity contribution in [1.82, 2.24) is 28.6 Å². The Labute approximate surface area is 184 Å². The molecule has 1 aliphatic heterocycles. The van der Waals surface area contributed by atoms with E-state index in [4.69, 9.17) is 4.98 Å². The van der Waals surface area contributed by atoms with Gasteiger partial charge in [0.25, 0.3) is 5.91 Å². The van der Waals surface area contributed by atoms with Gasteiger partial charge < -0.3 is 4.90 Å². The van der Waals surface area contributed by atoms with Crippen LogP contribution in [0, 0.1) is 17.3 Å². The van der Waals surface area contributed by atoms with E-state index >= 15 is 0 Å². The molecule has 5 rings (SSSR count). The van der Waals surface area contributed by atoms with Crippen molar-refractivity contribution in [2.24, 2.45) is 24.3 Å². The third kappa shape index (κ3) is 3.50. The van der Waals surface area contributed by atoms with Gasteiger partial charge in [-0.1, -0.05) is 31.3 Å². The zero-order valence-electron chi connectivity index (χ0n) is 18.2. The maximum atomic E-state index is 12.8. The van der Waals surface area contributed by atoms with Gasteiger partial charge in [-0.15, -0.1) is 5.10 Å². The standard InChI is InChI=1S/C22H26N6O2S/c1-22(2,3)12-28-18-6-5-16(23-19(18)26(4)21(28)30)13-7-14-9-27(10-15(14)8-13)20(29)17-11-31-25-24-17/h5-7,11,14-15H,8-10,12H2,1-4H3. The first-order chi connectivity index (χ1) is 14.7. The monoisotopic (exact) mass is 438 g/mol. The molecular formula is C22H26N6O2S. The zero-order valence-corrected chi connectivity index (χ0v) is 19.0. The van der Waals surface area contributed by atoms with E-state index in [0.29, 0.717) is 30.6 Å². The lowest BCUT2D eigenvalue weighted by Crippen LogP contribution is -2.29. The summed E-state index contributed by atoms with van der Waals surface area (Å²) in [5.74, 6) is 0.697. The molecule has 9 heteroatoms. The summed E-state index contributed by atoms with van der Waals surface area (Å²) >= 11 is 1.20. The Morgan fingerprint density at radius 3 is 2.74 bits per heavy atom. The number of nitrogens with zero attached hydrogens (tertiary/aromatic N) is 6. The molecule has 1 fully saturated rings. The summed E-state index contributed by atoms with van der Waals surface area (Å²) in [5, 5.41) is 5.61. The number of rotatable bonds is 3. The van der Waals surface area contributed by atoms with Gasteiger partial charge in [-0.3, -0.25) is 13.9 Å². The Morgan fingerprint density at radius 1 is 1.26 bits per heavy atom. The predicted molar refractivity (Wildman–Crippen MR) is 120 cm³/mol. The van der Waals surface area contributed by atoms with Crippen molar-refractivity contribution in [1.29, 1.82) is 0 Å². The van der Waals surface area contributed by atoms with Gasteiger partial charge in [0.05, 0.1) is 11.2 Å². The summed E-state index contributed by atoms with van der Waals surface area (Å²) in [5.41, 5.74) is 4.12. The molecule has 8 nitrogen and oxygen atoms in total. The Hall–Kier alpha value is -2.81. The number of pyridine rings is 1. The number of aryl methyl sites for hydroxylation is 1. The quantitative estimate of drug-likeness (QED) is 0.628. The second kappa shape index (κ2) is 7.12. The molecule has 0 radical (unpaired) electrons. The number of hydrogen-bond donors (Lipinski definition) is 0. The summed E-state index contributed by atoms with van der Waals surface area (Å²) < 4.78 is 7.26. The second-order valence-electron chi connectivity index (χ2n) is 9.85. The van der Waals surface area contributed by atoms with Crippen molar-refractivity contribution in [2.45, 2.75) is 33.7 Å².